The van der Waals surface area contributed by atoms with Gasteiger partial charge in [-0.3, -0.25) is 9.59 Å². The Hall–Kier alpha value is -2.57. The van der Waals surface area contributed by atoms with E-state index in [0.717, 1.165) is 17.7 Å². The summed E-state index contributed by atoms with van der Waals surface area (Å²) in [5.74, 6) is -0.380. The van der Waals surface area contributed by atoms with Crippen molar-refractivity contribution >= 4 is 23.5 Å². The molecule has 0 atom stereocenters. The van der Waals surface area contributed by atoms with Crippen LogP contribution >= 0.6 is 0 Å². The number of nitrogens with zero attached hydrogens (tertiary/aromatic N) is 3. The number of aryl methyl sites for hydroxylation is 1. The van der Waals surface area contributed by atoms with Crippen LogP contribution in [0, 0.1) is 5.92 Å². The van der Waals surface area contributed by atoms with Crippen molar-refractivity contribution in [3.63, 3.8) is 0 Å². The highest BCUT2D eigenvalue weighted by molar-refractivity contribution is 5.95. The van der Waals surface area contributed by atoms with Crippen LogP contribution < -0.4 is 5.32 Å². The van der Waals surface area contributed by atoms with Crippen LogP contribution in [0.25, 0.3) is 0 Å². The Morgan fingerprint density at radius 3 is 2.33 bits per heavy atom. The number of urea groups is 1. The van der Waals surface area contributed by atoms with Gasteiger partial charge in [0.15, 0.2) is 0 Å². The Bertz CT molecular complexity index is 682. The molecule has 7 heteroatoms. The minimum Gasteiger partial charge on any atom is -0.336 e. The Labute approximate surface area is 161 Å². The Morgan fingerprint density at radius 1 is 1.11 bits per heavy atom. The zero-order valence-corrected chi connectivity index (χ0v) is 16.7. The highest BCUT2D eigenvalue weighted by Gasteiger charge is 2.30. The van der Waals surface area contributed by atoms with E-state index in [1.807, 2.05) is 31.2 Å². The van der Waals surface area contributed by atoms with Crippen molar-refractivity contribution in [3.8, 4) is 0 Å². The zero-order valence-electron chi connectivity index (χ0n) is 16.7. The number of nitrogens with one attached hydrogen (secondary N) is 1. The maximum Gasteiger partial charge on any atom is 0.319 e. The van der Waals surface area contributed by atoms with Gasteiger partial charge in [0.05, 0.1) is 6.54 Å². The van der Waals surface area contributed by atoms with Gasteiger partial charge in [0.1, 0.15) is 0 Å². The minimum atomic E-state index is -0.202. The van der Waals surface area contributed by atoms with E-state index in [1.165, 1.54) is 4.90 Å². The standard InChI is InChI=1S/C20H30N4O3/c1-5-15-8-6-7-9-17(15)21-18(25)14-23(4)19(26)16-10-12-24(13-11-16)20(27)22(2)3/h6-9,16H,5,10-14H2,1-4H3,(H,21,25). The van der Waals surface area contributed by atoms with Crippen molar-refractivity contribution in [2.75, 3.05) is 46.1 Å². The number of likely N-dealkylation sites (N-methyl/N-ethyl adjacent to an activating group) is 1. The first-order valence-corrected chi connectivity index (χ1v) is 9.42. The molecule has 0 saturated carbocycles. The average Bonchev–Trinajstić information content (AvgIpc) is 2.67. The molecule has 4 amide bonds. The number of likely N-dealkylation sites (tertiary alicyclic amines) is 1. The minimum absolute atomic E-state index is 0.0216. The van der Waals surface area contributed by atoms with Gasteiger partial charge in [-0.15, -0.1) is 0 Å². The summed E-state index contributed by atoms with van der Waals surface area (Å²) in [7, 11) is 5.11. The van der Waals surface area contributed by atoms with Gasteiger partial charge in [0.25, 0.3) is 0 Å². The molecular formula is C20H30N4O3. The average molecular weight is 374 g/mol. The van der Waals surface area contributed by atoms with Crippen LogP contribution in [0.2, 0.25) is 0 Å². The summed E-state index contributed by atoms with van der Waals surface area (Å²) in [5, 5.41) is 2.89. The van der Waals surface area contributed by atoms with E-state index in [0.29, 0.717) is 25.9 Å². The number of piperidine rings is 1. The number of carbonyl (C=O) groups excluding carboxylic acids is 3. The lowest BCUT2D eigenvalue weighted by Gasteiger charge is -2.34. The Morgan fingerprint density at radius 2 is 1.74 bits per heavy atom. The fraction of sp³-hybridized carbons (Fsp3) is 0.550. The van der Waals surface area contributed by atoms with Crippen molar-refractivity contribution < 1.29 is 14.4 Å². The fourth-order valence-corrected chi connectivity index (χ4v) is 3.35. The zero-order chi connectivity index (χ0) is 20.0. The van der Waals surface area contributed by atoms with Crippen molar-refractivity contribution in [3.05, 3.63) is 29.8 Å². The maximum absolute atomic E-state index is 12.7. The summed E-state index contributed by atoms with van der Waals surface area (Å²) in [6.07, 6.45) is 2.08. The molecule has 1 saturated heterocycles. The predicted octanol–water partition coefficient (Wildman–Crippen LogP) is 2.04. The fourth-order valence-electron chi connectivity index (χ4n) is 3.35. The van der Waals surface area contributed by atoms with Gasteiger partial charge in [0.2, 0.25) is 11.8 Å². The summed E-state index contributed by atoms with van der Waals surface area (Å²) in [6, 6.07) is 7.65. The summed E-state index contributed by atoms with van der Waals surface area (Å²) >= 11 is 0. The molecule has 0 radical (unpaired) electrons. The smallest absolute Gasteiger partial charge is 0.319 e. The highest BCUT2D eigenvalue weighted by Crippen LogP contribution is 2.20. The Balaban J connectivity index is 1.85. The van der Waals surface area contributed by atoms with E-state index >= 15 is 0 Å². The molecule has 27 heavy (non-hydrogen) atoms. The first-order valence-electron chi connectivity index (χ1n) is 9.42. The van der Waals surface area contributed by atoms with Crippen LogP contribution in [-0.4, -0.2) is 73.3 Å². The Kier molecular flexibility index (Phi) is 7.21. The number of para-hydroxylation sites is 1. The lowest BCUT2D eigenvalue weighted by molar-refractivity contribution is -0.138. The van der Waals surface area contributed by atoms with Crippen LogP contribution in [0.15, 0.2) is 24.3 Å². The van der Waals surface area contributed by atoms with Crippen LogP contribution in [0.1, 0.15) is 25.3 Å². The molecule has 0 bridgehead atoms. The van der Waals surface area contributed by atoms with Crippen molar-refractivity contribution in [1.82, 2.24) is 14.7 Å². The van der Waals surface area contributed by atoms with E-state index in [4.69, 9.17) is 0 Å². The highest BCUT2D eigenvalue weighted by atomic mass is 16.2. The molecule has 0 spiro atoms. The molecule has 148 valence electrons. The molecule has 0 unspecified atom stereocenters. The van der Waals surface area contributed by atoms with E-state index < -0.39 is 0 Å². The van der Waals surface area contributed by atoms with Gasteiger partial charge in [-0.2, -0.15) is 0 Å². The molecule has 2 rings (SSSR count). The topological polar surface area (TPSA) is 73.0 Å². The second-order valence-corrected chi connectivity index (χ2v) is 7.19. The normalized spacial score (nSPS) is 14.6. The number of hydrogen-bond donors (Lipinski definition) is 1. The first-order chi connectivity index (χ1) is 12.8. The van der Waals surface area contributed by atoms with Crippen molar-refractivity contribution in [2.24, 2.45) is 5.92 Å². The molecule has 0 aliphatic carbocycles. The molecule has 1 aromatic carbocycles. The number of carbonyl (C=O) groups is 3. The molecule has 1 N–H and O–H groups in total. The number of amides is 4. The van der Waals surface area contributed by atoms with Crippen LogP contribution in [0.5, 0.6) is 0 Å². The quantitative estimate of drug-likeness (QED) is 0.857. The molecule has 1 aromatic rings. The number of benzene rings is 1. The summed E-state index contributed by atoms with van der Waals surface area (Å²) in [6.45, 7) is 3.19. The number of rotatable bonds is 5. The van der Waals surface area contributed by atoms with Gasteiger partial charge >= 0.3 is 6.03 Å². The number of anilines is 1. The summed E-state index contributed by atoms with van der Waals surface area (Å²) in [4.78, 5) is 41.8. The van der Waals surface area contributed by atoms with E-state index in [2.05, 4.69) is 5.32 Å². The van der Waals surface area contributed by atoms with Crippen LogP contribution in [0.4, 0.5) is 10.5 Å². The van der Waals surface area contributed by atoms with Crippen LogP contribution in [-0.2, 0) is 16.0 Å². The number of hydrogen-bond acceptors (Lipinski definition) is 3. The predicted molar refractivity (Wildman–Crippen MR) is 105 cm³/mol. The molecule has 1 fully saturated rings. The van der Waals surface area contributed by atoms with Crippen molar-refractivity contribution in [1.29, 1.82) is 0 Å². The lowest BCUT2D eigenvalue weighted by Crippen LogP contribution is -2.47. The molecule has 0 aromatic heterocycles. The second kappa shape index (κ2) is 9.39. The molecular weight excluding hydrogens is 344 g/mol. The van der Waals surface area contributed by atoms with Gasteiger partial charge in [0, 0.05) is 45.8 Å². The van der Waals surface area contributed by atoms with E-state index in [1.54, 1.807) is 30.9 Å². The molecule has 1 heterocycles. The SMILES string of the molecule is CCc1ccccc1NC(=O)CN(C)C(=O)C1CCN(C(=O)N(C)C)CC1. The third kappa shape index (κ3) is 5.45. The van der Waals surface area contributed by atoms with Crippen molar-refractivity contribution in [2.45, 2.75) is 26.2 Å². The van der Waals surface area contributed by atoms with Gasteiger partial charge in [-0.25, -0.2) is 4.79 Å². The van der Waals surface area contributed by atoms with Gasteiger partial charge < -0.3 is 20.0 Å². The first kappa shape index (κ1) is 20.7. The van der Waals surface area contributed by atoms with Gasteiger partial charge in [-0.05, 0) is 30.9 Å². The van der Waals surface area contributed by atoms with Crippen LogP contribution in [0.3, 0.4) is 0 Å². The largest absolute Gasteiger partial charge is 0.336 e. The summed E-state index contributed by atoms with van der Waals surface area (Å²) < 4.78 is 0. The van der Waals surface area contributed by atoms with Gasteiger partial charge in [-0.1, -0.05) is 25.1 Å². The van der Waals surface area contributed by atoms with E-state index in [9.17, 15) is 14.4 Å². The van der Waals surface area contributed by atoms with E-state index in [-0.39, 0.29) is 30.3 Å². The molecule has 1 aliphatic heterocycles. The molecule has 1 aliphatic rings. The summed E-state index contributed by atoms with van der Waals surface area (Å²) in [5.41, 5.74) is 1.86. The monoisotopic (exact) mass is 374 g/mol. The third-order valence-electron chi connectivity index (χ3n) is 4.93. The maximum atomic E-state index is 12.7. The lowest BCUT2D eigenvalue weighted by atomic mass is 9.95. The molecule has 7 nitrogen and oxygen atoms in total. The third-order valence-corrected chi connectivity index (χ3v) is 4.93. The second-order valence-electron chi connectivity index (χ2n) is 7.19.